The van der Waals surface area contributed by atoms with Crippen molar-refractivity contribution in [2.45, 2.75) is 19.3 Å². The van der Waals surface area contributed by atoms with Crippen molar-refractivity contribution in [3.05, 3.63) is 36.2 Å². The standard InChI is InChI=1S/C12H12N2O2/c15-11(16)5-1-3-9-6-8-14-12-10(9)4-2-7-13-12/h2,4,6-8H,1,3,5H2,(H,15,16). The lowest BCUT2D eigenvalue weighted by atomic mass is 10.1. The molecule has 0 saturated carbocycles. The van der Waals surface area contributed by atoms with Crippen LogP contribution in [0.25, 0.3) is 11.0 Å². The second kappa shape index (κ2) is 4.70. The van der Waals surface area contributed by atoms with Crippen molar-refractivity contribution in [1.29, 1.82) is 0 Å². The first-order valence-corrected chi connectivity index (χ1v) is 5.18. The Balaban J connectivity index is 2.20. The lowest BCUT2D eigenvalue weighted by Gasteiger charge is -2.03. The number of aryl methyl sites for hydroxylation is 1. The largest absolute Gasteiger partial charge is 0.481 e. The van der Waals surface area contributed by atoms with Gasteiger partial charge in [-0.15, -0.1) is 0 Å². The van der Waals surface area contributed by atoms with Crippen molar-refractivity contribution < 1.29 is 9.90 Å². The summed E-state index contributed by atoms with van der Waals surface area (Å²) in [5.41, 5.74) is 1.83. The summed E-state index contributed by atoms with van der Waals surface area (Å²) in [7, 11) is 0. The monoisotopic (exact) mass is 216 g/mol. The number of hydrogen-bond acceptors (Lipinski definition) is 3. The summed E-state index contributed by atoms with van der Waals surface area (Å²) in [6, 6.07) is 5.75. The number of rotatable bonds is 4. The smallest absolute Gasteiger partial charge is 0.303 e. The van der Waals surface area contributed by atoms with Gasteiger partial charge in [0, 0.05) is 24.2 Å². The minimum atomic E-state index is -0.753. The Kier molecular flexibility index (Phi) is 3.10. The van der Waals surface area contributed by atoms with Crippen LogP contribution in [0.15, 0.2) is 30.6 Å². The van der Waals surface area contributed by atoms with Crippen LogP contribution in [-0.4, -0.2) is 21.0 Å². The molecule has 2 heterocycles. The number of nitrogens with zero attached hydrogens (tertiary/aromatic N) is 2. The Morgan fingerprint density at radius 1 is 1.25 bits per heavy atom. The predicted molar refractivity (Wildman–Crippen MR) is 60.1 cm³/mol. The summed E-state index contributed by atoms with van der Waals surface area (Å²) in [5.74, 6) is -0.753. The maximum Gasteiger partial charge on any atom is 0.303 e. The molecule has 2 aromatic heterocycles. The number of aliphatic carboxylic acids is 1. The van der Waals surface area contributed by atoms with Gasteiger partial charge in [0.25, 0.3) is 0 Å². The van der Waals surface area contributed by atoms with Crippen molar-refractivity contribution in [2.75, 3.05) is 0 Å². The van der Waals surface area contributed by atoms with Crippen LogP contribution < -0.4 is 0 Å². The third-order valence-corrected chi connectivity index (χ3v) is 2.44. The summed E-state index contributed by atoms with van der Waals surface area (Å²) in [4.78, 5) is 18.7. The van der Waals surface area contributed by atoms with Gasteiger partial charge in [-0.25, -0.2) is 9.97 Å². The minimum Gasteiger partial charge on any atom is -0.481 e. The highest BCUT2D eigenvalue weighted by Gasteiger charge is 2.03. The Hall–Kier alpha value is -1.97. The lowest BCUT2D eigenvalue weighted by Crippen LogP contribution is -1.97. The molecule has 0 amide bonds. The molecule has 0 spiro atoms. The van der Waals surface area contributed by atoms with E-state index in [-0.39, 0.29) is 6.42 Å². The molecular weight excluding hydrogens is 204 g/mol. The lowest BCUT2D eigenvalue weighted by molar-refractivity contribution is -0.137. The molecule has 4 nitrogen and oxygen atoms in total. The molecular formula is C12H12N2O2. The van der Waals surface area contributed by atoms with E-state index in [4.69, 9.17) is 5.11 Å². The van der Waals surface area contributed by atoms with Crippen molar-refractivity contribution in [1.82, 2.24) is 9.97 Å². The molecule has 82 valence electrons. The van der Waals surface area contributed by atoms with Crippen molar-refractivity contribution in [2.24, 2.45) is 0 Å². The van der Waals surface area contributed by atoms with Gasteiger partial charge in [-0.2, -0.15) is 0 Å². The van der Waals surface area contributed by atoms with E-state index in [0.29, 0.717) is 6.42 Å². The Morgan fingerprint density at radius 2 is 2.06 bits per heavy atom. The number of hydrogen-bond donors (Lipinski definition) is 1. The van der Waals surface area contributed by atoms with Crippen LogP contribution in [0.1, 0.15) is 18.4 Å². The topological polar surface area (TPSA) is 63.1 Å². The van der Waals surface area contributed by atoms with Gasteiger partial charge in [-0.1, -0.05) is 0 Å². The Bertz CT molecular complexity index is 506. The van der Waals surface area contributed by atoms with Gasteiger partial charge in [0.05, 0.1) is 0 Å². The number of carbonyl (C=O) groups is 1. The molecule has 16 heavy (non-hydrogen) atoms. The van der Waals surface area contributed by atoms with Crippen LogP contribution in [0.3, 0.4) is 0 Å². The second-order valence-electron chi connectivity index (χ2n) is 3.59. The highest BCUT2D eigenvalue weighted by Crippen LogP contribution is 2.16. The van der Waals surface area contributed by atoms with Crippen molar-refractivity contribution >= 4 is 17.0 Å². The summed E-state index contributed by atoms with van der Waals surface area (Å²) in [6.45, 7) is 0. The fraction of sp³-hybridized carbons (Fsp3) is 0.250. The van der Waals surface area contributed by atoms with E-state index in [1.54, 1.807) is 12.4 Å². The third-order valence-electron chi connectivity index (χ3n) is 2.44. The fourth-order valence-corrected chi connectivity index (χ4v) is 1.69. The Morgan fingerprint density at radius 3 is 2.88 bits per heavy atom. The molecule has 1 N–H and O–H groups in total. The van der Waals surface area contributed by atoms with Crippen molar-refractivity contribution in [3.63, 3.8) is 0 Å². The van der Waals surface area contributed by atoms with Gasteiger partial charge in [0.15, 0.2) is 5.65 Å². The molecule has 0 unspecified atom stereocenters. The zero-order valence-corrected chi connectivity index (χ0v) is 8.76. The van der Waals surface area contributed by atoms with Crippen LogP contribution in [0.5, 0.6) is 0 Å². The predicted octanol–water partition coefficient (Wildman–Crippen LogP) is 2.04. The first-order valence-electron chi connectivity index (χ1n) is 5.18. The van der Waals surface area contributed by atoms with Gasteiger partial charge in [0.1, 0.15) is 0 Å². The number of fused-ring (bicyclic) bond motifs is 1. The van der Waals surface area contributed by atoms with E-state index < -0.39 is 5.97 Å². The quantitative estimate of drug-likeness (QED) is 0.849. The third kappa shape index (κ3) is 2.34. The number of aromatic nitrogens is 2. The molecule has 2 aromatic rings. The van der Waals surface area contributed by atoms with E-state index in [0.717, 1.165) is 23.0 Å². The molecule has 0 bridgehead atoms. The first-order chi connectivity index (χ1) is 7.77. The summed E-state index contributed by atoms with van der Waals surface area (Å²) >= 11 is 0. The van der Waals surface area contributed by atoms with Crippen LogP contribution in [0.2, 0.25) is 0 Å². The molecule has 0 aliphatic carbocycles. The molecule has 0 saturated heterocycles. The normalized spacial score (nSPS) is 10.5. The number of carboxylic acid groups (broad SMARTS) is 1. The zero-order chi connectivity index (χ0) is 11.4. The average molecular weight is 216 g/mol. The van der Waals surface area contributed by atoms with Gasteiger partial charge in [-0.3, -0.25) is 4.79 Å². The second-order valence-corrected chi connectivity index (χ2v) is 3.59. The van der Waals surface area contributed by atoms with E-state index in [1.165, 1.54) is 0 Å². The SMILES string of the molecule is O=C(O)CCCc1ccnc2ncccc12. The van der Waals surface area contributed by atoms with E-state index >= 15 is 0 Å². The minimum absolute atomic E-state index is 0.198. The van der Waals surface area contributed by atoms with Gasteiger partial charge in [0.2, 0.25) is 0 Å². The van der Waals surface area contributed by atoms with Gasteiger partial charge >= 0.3 is 5.97 Å². The maximum absolute atomic E-state index is 10.4. The van der Waals surface area contributed by atoms with Crippen LogP contribution in [-0.2, 0) is 11.2 Å². The fourth-order valence-electron chi connectivity index (χ4n) is 1.69. The summed E-state index contributed by atoms with van der Waals surface area (Å²) in [5, 5.41) is 9.59. The van der Waals surface area contributed by atoms with E-state index in [9.17, 15) is 4.79 Å². The molecule has 0 atom stereocenters. The van der Waals surface area contributed by atoms with Gasteiger partial charge in [-0.05, 0) is 36.6 Å². The van der Waals surface area contributed by atoms with E-state index in [2.05, 4.69) is 9.97 Å². The van der Waals surface area contributed by atoms with Crippen LogP contribution in [0.4, 0.5) is 0 Å². The molecule has 0 aliphatic rings. The number of carboxylic acids is 1. The van der Waals surface area contributed by atoms with E-state index in [1.807, 2.05) is 18.2 Å². The highest BCUT2D eigenvalue weighted by atomic mass is 16.4. The number of pyridine rings is 2. The molecule has 2 rings (SSSR count). The molecule has 0 aliphatic heterocycles. The summed E-state index contributed by atoms with van der Waals surface area (Å²) < 4.78 is 0. The molecule has 0 aromatic carbocycles. The molecule has 4 heteroatoms. The highest BCUT2D eigenvalue weighted by molar-refractivity contribution is 5.78. The van der Waals surface area contributed by atoms with Gasteiger partial charge < -0.3 is 5.11 Å². The average Bonchev–Trinajstić information content (AvgIpc) is 2.29. The van der Waals surface area contributed by atoms with Crippen LogP contribution in [0, 0.1) is 0 Å². The summed E-state index contributed by atoms with van der Waals surface area (Å²) in [6.07, 6.45) is 5.01. The van der Waals surface area contributed by atoms with Crippen molar-refractivity contribution in [3.8, 4) is 0 Å². The first kappa shape index (κ1) is 10.5. The van der Waals surface area contributed by atoms with Crippen LogP contribution >= 0.6 is 0 Å². The maximum atomic E-state index is 10.4. The molecule has 0 radical (unpaired) electrons. The molecule has 0 fully saturated rings. The Labute approximate surface area is 93.0 Å². The zero-order valence-electron chi connectivity index (χ0n) is 8.76.